The number of rotatable bonds is 4. The molecule has 0 heterocycles. The van der Waals surface area contributed by atoms with E-state index in [9.17, 15) is 0 Å². The van der Waals surface area contributed by atoms with Crippen LogP contribution in [-0.2, 0) is 6.37 Å². The molecule has 0 heteroatoms. The van der Waals surface area contributed by atoms with Gasteiger partial charge in [0.15, 0.2) is 0 Å². The Kier molecular flexibility index (Phi) is 4.74. The predicted molar refractivity (Wildman–Crippen MR) is 108 cm³/mol. The first kappa shape index (κ1) is 15.9. The van der Waals surface area contributed by atoms with Crippen molar-refractivity contribution in [3.8, 4) is 11.1 Å². The van der Waals surface area contributed by atoms with Crippen molar-refractivity contribution >= 4 is 0 Å². The van der Waals surface area contributed by atoms with E-state index >= 15 is 0 Å². The molecule has 0 aliphatic heterocycles. The van der Waals surface area contributed by atoms with Crippen LogP contribution in [0.2, 0.25) is 0 Å². The summed E-state index contributed by atoms with van der Waals surface area (Å²) in [5.41, 5.74) is 6.90. The Hall–Kier alpha value is -1.56. The van der Waals surface area contributed by atoms with Gasteiger partial charge in [0, 0.05) is 2.74 Å². The average Bonchev–Trinajstić information content (AvgIpc) is 2.53. The van der Waals surface area contributed by atoms with Crippen LogP contribution in [-0.4, -0.2) is 0 Å². The highest BCUT2D eigenvalue weighted by Gasteiger charge is 2.14. The SMILES string of the molecule is [2H]C([2H])(c1ccc(-c2cc(C(C)C)c(C)c(C(C)C)c2)cc1)C(C)(C)C. The Morgan fingerprint density at radius 3 is 1.67 bits per heavy atom. The molecular weight excluding hydrogens is 288 g/mol. The fraction of sp³-hybridized carbons (Fsp3) is 0.500. The fourth-order valence-electron chi connectivity index (χ4n) is 3.30. The number of hydrogen-bond donors (Lipinski definition) is 0. The lowest BCUT2D eigenvalue weighted by Crippen LogP contribution is -2.08. The normalized spacial score (nSPS) is 14.1. The van der Waals surface area contributed by atoms with Crippen LogP contribution in [0.25, 0.3) is 11.1 Å². The van der Waals surface area contributed by atoms with Crippen molar-refractivity contribution < 1.29 is 2.74 Å². The molecular formula is C24H34. The lowest BCUT2D eigenvalue weighted by molar-refractivity contribution is 0.411. The monoisotopic (exact) mass is 324 g/mol. The van der Waals surface area contributed by atoms with Crippen molar-refractivity contribution in [2.24, 2.45) is 5.41 Å². The maximum Gasteiger partial charge on any atom is 0.0321 e. The minimum absolute atomic E-state index is 0.437. The molecule has 0 unspecified atom stereocenters. The van der Waals surface area contributed by atoms with Crippen LogP contribution in [0, 0.1) is 12.3 Å². The van der Waals surface area contributed by atoms with E-state index in [0.717, 1.165) is 11.1 Å². The van der Waals surface area contributed by atoms with E-state index in [4.69, 9.17) is 2.74 Å². The van der Waals surface area contributed by atoms with Gasteiger partial charge in [0.2, 0.25) is 0 Å². The van der Waals surface area contributed by atoms with E-state index in [2.05, 4.69) is 58.9 Å². The third-order valence-electron chi connectivity index (χ3n) is 4.47. The summed E-state index contributed by atoms with van der Waals surface area (Å²) < 4.78 is 16.9. The summed E-state index contributed by atoms with van der Waals surface area (Å²) in [6, 6.07) is 12.6. The molecule has 0 fully saturated rings. The minimum atomic E-state index is -1.36. The maximum absolute atomic E-state index is 8.47. The van der Waals surface area contributed by atoms with Crippen molar-refractivity contribution in [3.05, 3.63) is 58.7 Å². The second kappa shape index (κ2) is 7.13. The molecule has 0 N–H and O–H groups in total. The lowest BCUT2D eigenvalue weighted by Gasteiger charge is -2.20. The smallest absolute Gasteiger partial charge is 0.0321 e. The van der Waals surface area contributed by atoms with E-state index < -0.39 is 11.8 Å². The van der Waals surface area contributed by atoms with Crippen molar-refractivity contribution in [1.82, 2.24) is 0 Å². The van der Waals surface area contributed by atoms with Gasteiger partial charge in [0.25, 0.3) is 0 Å². The molecule has 0 atom stereocenters. The topological polar surface area (TPSA) is 0 Å². The van der Waals surface area contributed by atoms with E-state index in [1.54, 1.807) is 0 Å². The Morgan fingerprint density at radius 2 is 1.29 bits per heavy atom. The summed E-state index contributed by atoms with van der Waals surface area (Å²) in [6.45, 7) is 17.1. The summed E-state index contributed by atoms with van der Waals surface area (Å²) in [5.74, 6) is 0.975. The highest BCUT2D eigenvalue weighted by Crippen LogP contribution is 2.33. The fourth-order valence-corrected chi connectivity index (χ4v) is 3.30. The van der Waals surface area contributed by atoms with Crippen molar-refractivity contribution in [3.63, 3.8) is 0 Å². The average molecular weight is 325 g/mol. The van der Waals surface area contributed by atoms with Gasteiger partial charge in [0.05, 0.1) is 0 Å². The van der Waals surface area contributed by atoms with Crippen LogP contribution in [0.15, 0.2) is 36.4 Å². The van der Waals surface area contributed by atoms with Gasteiger partial charge in [-0.3, -0.25) is 0 Å². The lowest BCUT2D eigenvalue weighted by atomic mass is 9.85. The van der Waals surface area contributed by atoms with Crippen molar-refractivity contribution in [2.45, 2.75) is 73.6 Å². The summed E-state index contributed by atoms with van der Waals surface area (Å²) in [6.07, 6.45) is -1.36. The van der Waals surface area contributed by atoms with Gasteiger partial charge in [-0.05, 0) is 63.9 Å². The first-order chi connectivity index (χ1) is 11.9. The summed E-state index contributed by atoms with van der Waals surface area (Å²) in [4.78, 5) is 0. The van der Waals surface area contributed by atoms with E-state index in [1.807, 2.05) is 32.9 Å². The van der Waals surface area contributed by atoms with E-state index in [1.165, 1.54) is 22.3 Å². The van der Waals surface area contributed by atoms with Gasteiger partial charge in [-0.25, -0.2) is 0 Å². The number of hydrogen-bond acceptors (Lipinski definition) is 0. The molecule has 2 aromatic rings. The molecule has 2 aromatic carbocycles. The van der Waals surface area contributed by atoms with Gasteiger partial charge in [0.1, 0.15) is 0 Å². The standard InChI is InChI=1S/C24H34/c1-16(2)22-13-21(14-23(17(3)4)18(22)5)20-11-9-19(10-12-20)15-24(6,7)8/h9-14,16-17H,15H2,1-8H3/i15D2. The highest BCUT2D eigenvalue weighted by molar-refractivity contribution is 5.67. The van der Waals surface area contributed by atoms with Gasteiger partial charge < -0.3 is 0 Å². The predicted octanol–water partition coefficient (Wildman–Crippen LogP) is 7.50. The second-order valence-corrected chi connectivity index (χ2v) is 8.54. The third-order valence-corrected chi connectivity index (χ3v) is 4.47. The first-order valence-electron chi connectivity index (χ1n) is 10.1. The molecule has 24 heavy (non-hydrogen) atoms. The van der Waals surface area contributed by atoms with Gasteiger partial charge >= 0.3 is 0 Å². The van der Waals surface area contributed by atoms with E-state index in [0.29, 0.717) is 11.8 Å². The van der Waals surface area contributed by atoms with Crippen LogP contribution >= 0.6 is 0 Å². The highest BCUT2D eigenvalue weighted by atomic mass is 14.2. The van der Waals surface area contributed by atoms with Crippen LogP contribution < -0.4 is 0 Å². The summed E-state index contributed by atoms with van der Waals surface area (Å²) in [5, 5.41) is 0. The van der Waals surface area contributed by atoms with E-state index in [-0.39, 0.29) is 0 Å². The molecule has 0 aliphatic carbocycles. The van der Waals surface area contributed by atoms with Gasteiger partial charge in [-0.1, -0.05) is 84.9 Å². The van der Waals surface area contributed by atoms with Gasteiger partial charge in [-0.15, -0.1) is 0 Å². The van der Waals surface area contributed by atoms with Crippen LogP contribution in [0.4, 0.5) is 0 Å². The quantitative estimate of drug-likeness (QED) is 0.546. The Balaban J connectivity index is 2.53. The largest absolute Gasteiger partial charge is 0.0599 e. The minimum Gasteiger partial charge on any atom is -0.0599 e. The molecule has 0 bridgehead atoms. The zero-order valence-corrected chi connectivity index (χ0v) is 16.6. The third kappa shape index (κ3) is 4.50. The maximum atomic E-state index is 8.47. The molecule has 0 radical (unpaired) electrons. The molecule has 0 amide bonds. The van der Waals surface area contributed by atoms with Gasteiger partial charge in [-0.2, -0.15) is 0 Å². The molecule has 0 aromatic heterocycles. The Labute approximate surface area is 152 Å². The Morgan fingerprint density at radius 1 is 0.833 bits per heavy atom. The molecule has 130 valence electrons. The van der Waals surface area contributed by atoms with Crippen LogP contribution in [0.3, 0.4) is 0 Å². The first-order valence-corrected chi connectivity index (χ1v) is 9.11. The van der Waals surface area contributed by atoms with Crippen molar-refractivity contribution in [2.75, 3.05) is 0 Å². The molecule has 0 aliphatic rings. The van der Waals surface area contributed by atoms with Crippen LogP contribution in [0.5, 0.6) is 0 Å². The molecule has 0 saturated carbocycles. The zero-order valence-electron chi connectivity index (χ0n) is 18.6. The molecule has 0 spiro atoms. The molecule has 0 saturated heterocycles. The Bertz CT molecular complexity index is 731. The van der Waals surface area contributed by atoms with Crippen LogP contribution in [0.1, 0.15) is 85.3 Å². The summed E-state index contributed by atoms with van der Waals surface area (Å²) >= 11 is 0. The second-order valence-electron chi connectivity index (χ2n) is 8.54. The summed E-state index contributed by atoms with van der Waals surface area (Å²) in [7, 11) is 0. The zero-order chi connectivity index (χ0) is 19.9. The molecule has 0 nitrogen and oxygen atoms in total. The molecule has 2 rings (SSSR count). The van der Waals surface area contributed by atoms with Crippen molar-refractivity contribution in [1.29, 1.82) is 0 Å². The number of benzene rings is 2.